The smallest absolute Gasteiger partial charge is 0.138 e. The molecule has 0 rings (SSSR count). The fraction of sp³-hybridized carbons (Fsp3) is 0.909. The van der Waals surface area contributed by atoms with Crippen LogP contribution in [0, 0.1) is 11.8 Å². The third-order valence-corrected chi connectivity index (χ3v) is 2.57. The van der Waals surface area contributed by atoms with Gasteiger partial charge in [-0.15, -0.1) is 0 Å². The number of ether oxygens (including phenoxy) is 1. The highest BCUT2D eigenvalue weighted by Crippen LogP contribution is 2.15. The zero-order chi connectivity index (χ0) is 11.0. The first-order valence-electron chi connectivity index (χ1n) is 5.36. The number of ketones is 1. The summed E-state index contributed by atoms with van der Waals surface area (Å²) in [6.45, 7) is 5.29. The summed E-state index contributed by atoms with van der Waals surface area (Å²) in [4.78, 5) is 11.8. The van der Waals surface area contributed by atoms with E-state index >= 15 is 0 Å². The van der Waals surface area contributed by atoms with Crippen LogP contribution < -0.4 is 5.73 Å². The Kier molecular flexibility index (Phi) is 7.71. The molecule has 0 spiro atoms. The maximum atomic E-state index is 11.8. The van der Waals surface area contributed by atoms with Gasteiger partial charge in [-0.1, -0.05) is 13.8 Å². The molecule has 2 N–H and O–H groups in total. The molecule has 2 atom stereocenters. The molecule has 0 saturated heterocycles. The van der Waals surface area contributed by atoms with Crippen LogP contribution in [-0.2, 0) is 9.53 Å². The zero-order valence-corrected chi connectivity index (χ0v) is 9.58. The van der Waals surface area contributed by atoms with Crippen LogP contribution in [-0.4, -0.2) is 26.0 Å². The van der Waals surface area contributed by atoms with Gasteiger partial charge in [0.25, 0.3) is 0 Å². The summed E-state index contributed by atoms with van der Waals surface area (Å²) in [5.74, 6) is 0.601. The quantitative estimate of drug-likeness (QED) is 0.649. The molecule has 14 heavy (non-hydrogen) atoms. The zero-order valence-electron chi connectivity index (χ0n) is 9.58. The second kappa shape index (κ2) is 7.94. The minimum absolute atomic E-state index is 0.114. The van der Waals surface area contributed by atoms with Gasteiger partial charge in [0.2, 0.25) is 0 Å². The lowest BCUT2D eigenvalue weighted by Crippen LogP contribution is -2.21. The minimum atomic E-state index is 0.114. The predicted octanol–water partition coefficient (Wildman–Crippen LogP) is 1.60. The van der Waals surface area contributed by atoms with Crippen LogP contribution in [0.4, 0.5) is 0 Å². The van der Waals surface area contributed by atoms with Crippen LogP contribution in [0.3, 0.4) is 0 Å². The molecular formula is C11H23NO2. The fourth-order valence-electron chi connectivity index (χ4n) is 1.49. The highest BCUT2D eigenvalue weighted by Gasteiger charge is 2.18. The lowest BCUT2D eigenvalue weighted by Gasteiger charge is -2.15. The van der Waals surface area contributed by atoms with Crippen LogP contribution in [0.15, 0.2) is 0 Å². The van der Waals surface area contributed by atoms with Crippen LogP contribution >= 0.6 is 0 Å². The third kappa shape index (κ3) is 5.35. The van der Waals surface area contributed by atoms with Gasteiger partial charge in [0.1, 0.15) is 5.78 Å². The van der Waals surface area contributed by atoms with Crippen molar-refractivity contribution in [2.24, 2.45) is 17.6 Å². The summed E-state index contributed by atoms with van der Waals surface area (Å²) in [6, 6.07) is 0. The van der Waals surface area contributed by atoms with Crippen molar-refractivity contribution < 1.29 is 9.53 Å². The van der Waals surface area contributed by atoms with E-state index in [1.54, 1.807) is 7.11 Å². The molecule has 0 aromatic heterocycles. The second-order valence-corrected chi connectivity index (χ2v) is 3.92. The monoisotopic (exact) mass is 201 g/mol. The van der Waals surface area contributed by atoms with E-state index in [0.29, 0.717) is 18.9 Å². The lowest BCUT2D eigenvalue weighted by molar-refractivity contribution is -0.126. The lowest BCUT2D eigenvalue weighted by atomic mass is 9.90. The number of rotatable bonds is 8. The van der Waals surface area contributed by atoms with Gasteiger partial charge in [0.05, 0.1) is 0 Å². The molecule has 0 aliphatic carbocycles. The van der Waals surface area contributed by atoms with Crippen molar-refractivity contribution in [1.29, 1.82) is 0 Å². The standard InChI is InChI=1S/C11H23NO2/c1-9(5-4-7-12)11(13)10(2)6-8-14-3/h9-10H,4-8,12H2,1-3H3. The Bertz CT molecular complexity index is 143. The molecule has 2 unspecified atom stereocenters. The van der Waals surface area contributed by atoms with Crippen molar-refractivity contribution in [2.75, 3.05) is 20.3 Å². The molecule has 0 heterocycles. The normalized spacial score (nSPS) is 15.1. The molecular weight excluding hydrogens is 178 g/mol. The molecule has 0 saturated carbocycles. The summed E-state index contributed by atoms with van der Waals surface area (Å²) in [5.41, 5.74) is 5.40. The fourth-order valence-corrected chi connectivity index (χ4v) is 1.49. The number of methoxy groups -OCH3 is 1. The molecule has 0 aromatic rings. The van der Waals surface area contributed by atoms with E-state index in [1.807, 2.05) is 13.8 Å². The van der Waals surface area contributed by atoms with E-state index in [9.17, 15) is 4.79 Å². The number of Topliss-reactive ketones (excluding diaryl/α,β-unsaturated/α-hetero) is 1. The van der Waals surface area contributed by atoms with Gasteiger partial charge >= 0.3 is 0 Å². The minimum Gasteiger partial charge on any atom is -0.385 e. The predicted molar refractivity (Wildman–Crippen MR) is 58.1 cm³/mol. The first-order chi connectivity index (χ1) is 6.63. The van der Waals surface area contributed by atoms with Crippen LogP contribution in [0.2, 0.25) is 0 Å². The van der Waals surface area contributed by atoms with E-state index in [2.05, 4.69) is 0 Å². The van der Waals surface area contributed by atoms with Crippen molar-refractivity contribution >= 4 is 5.78 Å². The van der Waals surface area contributed by atoms with Gasteiger partial charge in [-0.3, -0.25) is 4.79 Å². The van der Waals surface area contributed by atoms with Crippen molar-refractivity contribution in [3.8, 4) is 0 Å². The van der Waals surface area contributed by atoms with Crippen LogP contribution in [0.25, 0.3) is 0 Å². The molecule has 0 aliphatic heterocycles. The largest absolute Gasteiger partial charge is 0.385 e. The van der Waals surface area contributed by atoms with Gasteiger partial charge < -0.3 is 10.5 Å². The topological polar surface area (TPSA) is 52.3 Å². The van der Waals surface area contributed by atoms with Crippen molar-refractivity contribution in [1.82, 2.24) is 0 Å². The summed E-state index contributed by atoms with van der Waals surface area (Å²) in [6.07, 6.45) is 2.67. The van der Waals surface area contributed by atoms with Gasteiger partial charge in [0.15, 0.2) is 0 Å². The Morgan fingerprint density at radius 3 is 2.36 bits per heavy atom. The van der Waals surface area contributed by atoms with Gasteiger partial charge in [-0.2, -0.15) is 0 Å². The number of hydrogen-bond acceptors (Lipinski definition) is 3. The van der Waals surface area contributed by atoms with E-state index in [1.165, 1.54) is 0 Å². The van der Waals surface area contributed by atoms with Crippen LogP contribution in [0.1, 0.15) is 33.1 Å². The molecule has 0 radical (unpaired) electrons. The summed E-state index contributed by atoms with van der Waals surface area (Å²) >= 11 is 0. The second-order valence-electron chi connectivity index (χ2n) is 3.92. The van der Waals surface area contributed by atoms with Crippen molar-refractivity contribution in [3.63, 3.8) is 0 Å². The van der Waals surface area contributed by atoms with Crippen LogP contribution in [0.5, 0.6) is 0 Å². The van der Waals surface area contributed by atoms with E-state index in [4.69, 9.17) is 10.5 Å². The molecule has 3 heteroatoms. The maximum Gasteiger partial charge on any atom is 0.138 e. The SMILES string of the molecule is COCCC(C)C(=O)C(C)CCCN. The molecule has 0 aliphatic rings. The van der Waals surface area contributed by atoms with Gasteiger partial charge in [-0.05, 0) is 25.8 Å². The first-order valence-corrected chi connectivity index (χ1v) is 5.36. The van der Waals surface area contributed by atoms with E-state index < -0.39 is 0 Å². The number of nitrogens with two attached hydrogens (primary N) is 1. The molecule has 3 nitrogen and oxygen atoms in total. The number of carbonyl (C=O) groups excluding carboxylic acids is 1. The summed E-state index contributed by atoms with van der Waals surface area (Å²) in [7, 11) is 1.66. The Morgan fingerprint density at radius 2 is 1.86 bits per heavy atom. The molecule has 0 bridgehead atoms. The van der Waals surface area contributed by atoms with Crippen molar-refractivity contribution in [2.45, 2.75) is 33.1 Å². The van der Waals surface area contributed by atoms with Gasteiger partial charge in [-0.25, -0.2) is 0 Å². The first kappa shape index (κ1) is 13.6. The molecule has 0 amide bonds. The average molecular weight is 201 g/mol. The Hall–Kier alpha value is -0.410. The summed E-state index contributed by atoms with van der Waals surface area (Å²) < 4.78 is 4.95. The third-order valence-electron chi connectivity index (χ3n) is 2.57. The molecule has 0 aromatic carbocycles. The molecule has 84 valence electrons. The van der Waals surface area contributed by atoms with Gasteiger partial charge in [0, 0.05) is 25.6 Å². The highest BCUT2D eigenvalue weighted by molar-refractivity contribution is 5.82. The van der Waals surface area contributed by atoms with Crippen molar-refractivity contribution in [3.05, 3.63) is 0 Å². The number of carbonyl (C=O) groups is 1. The van der Waals surface area contributed by atoms with E-state index in [0.717, 1.165) is 19.3 Å². The Labute approximate surface area is 87.0 Å². The molecule has 0 fully saturated rings. The average Bonchev–Trinajstić information content (AvgIpc) is 2.21. The highest BCUT2D eigenvalue weighted by atomic mass is 16.5. The van der Waals surface area contributed by atoms with E-state index in [-0.39, 0.29) is 11.8 Å². The Balaban J connectivity index is 3.78. The number of hydrogen-bond donors (Lipinski definition) is 1. The maximum absolute atomic E-state index is 11.8. The summed E-state index contributed by atoms with van der Waals surface area (Å²) in [5, 5.41) is 0. The Morgan fingerprint density at radius 1 is 1.29 bits per heavy atom.